The molecular formula is C12H13F3N2S. The highest BCUT2D eigenvalue weighted by Gasteiger charge is 2.21. The van der Waals surface area contributed by atoms with Crippen LogP contribution < -0.4 is 5.32 Å². The largest absolute Gasteiger partial charge is 0.332 e. The average molecular weight is 274 g/mol. The number of aliphatic imine (C=N–C) groups is 1. The van der Waals surface area contributed by atoms with Gasteiger partial charge < -0.3 is 5.32 Å². The molecule has 0 spiro atoms. The molecule has 1 aromatic carbocycles. The first kappa shape index (κ1) is 13.3. The second-order valence-corrected chi connectivity index (χ2v) is 5.31. The lowest BCUT2D eigenvalue weighted by atomic mass is 10.2. The molecule has 2 nitrogen and oxygen atoms in total. The Morgan fingerprint density at radius 3 is 2.83 bits per heavy atom. The summed E-state index contributed by atoms with van der Waals surface area (Å²) in [6, 6.07) is 2.06. The Labute approximate surface area is 108 Å². The fourth-order valence-corrected chi connectivity index (χ4v) is 2.83. The highest BCUT2D eigenvalue weighted by molar-refractivity contribution is 8.15. The van der Waals surface area contributed by atoms with E-state index in [0.717, 1.165) is 18.9 Å². The number of nitrogens with one attached hydrogen (secondary N) is 1. The molecule has 0 aromatic heterocycles. The van der Waals surface area contributed by atoms with Gasteiger partial charge in [-0.25, -0.2) is 13.2 Å². The van der Waals surface area contributed by atoms with Crippen LogP contribution in [0.5, 0.6) is 0 Å². The second kappa shape index (κ2) is 5.65. The number of amidine groups is 1. The summed E-state index contributed by atoms with van der Waals surface area (Å²) in [7, 11) is 0. The van der Waals surface area contributed by atoms with Gasteiger partial charge in [-0.15, -0.1) is 0 Å². The Morgan fingerprint density at radius 2 is 2.11 bits per heavy atom. The van der Waals surface area contributed by atoms with Crippen molar-refractivity contribution in [3.8, 4) is 0 Å². The van der Waals surface area contributed by atoms with Gasteiger partial charge >= 0.3 is 0 Å². The Morgan fingerprint density at radius 1 is 1.33 bits per heavy atom. The van der Waals surface area contributed by atoms with E-state index in [0.29, 0.717) is 17.0 Å². The quantitative estimate of drug-likeness (QED) is 0.848. The summed E-state index contributed by atoms with van der Waals surface area (Å²) >= 11 is 1.50. The fraction of sp³-hybridized carbons (Fsp3) is 0.417. The van der Waals surface area contributed by atoms with Gasteiger partial charge in [0.25, 0.3) is 0 Å². The van der Waals surface area contributed by atoms with Crippen LogP contribution in [0.4, 0.5) is 18.9 Å². The van der Waals surface area contributed by atoms with Crippen molar-refractivity contribution in [1.29, 1.82) is 0 Å². The van der Waals surface area contributed by atoms with Crippen molar-refractivity contribution in [2.75, 3.05) is 11.9 Å². The molecule has 1 aromatic rings. The Bertz CT molecular complexity index is 477. The van der Waals surface area contributed by atoms with Gasteiger partial charge in [0.1, 0.15) is 0 Å². The maximum atomic E-state index is 13.4. The monoisotopic (exact) mass is 274 g/mol. The molecule has 1 N–H and O–H groups in total. The van der Waals surface area contributed by atoms with Crippen LogP contribution in [-0.4, -0.2) is 17.0 Å². The van der Waals surface area contributed by atoms with E-state index in [2.05, 4.69) is 17.2 Å². The SMILES string of the molecule is CCCC1CN=C(Nc2ccc(F)c(F)c2F)S1. The Kier molecular flexibility index (Phi) is 4.16. The minimum absolute atomic E-state index is 0.0858. The summed E-state index contributed by atoms with van der Waals surface area (Å²) in [5.74, 6) is -3.87. The molecule has 0 fully saturated rings. The summed E-state index contributed by atoms with van der Waals surface area (Å²) < 4.78 is 39.2. The van der Waals surface area contributed by atoms with Crippen LogP contribution >= 0.6 is 11.8 Å². The van der Waals surface area contributed by atoms with E-state index in [4.69, 9.17) is 0 Å². The summed E-state index contributed by atoms with van der Waals surface area (Å²) in [4.78, 5) is 4.21. The van der Waals surface area contributed by atoms with Crippen molar-refractivity contribution in [3.63, 3.8) is 0 Å². The number of hydrogen-bond acceptors (Lipinski definition) is 3. The second-order valence-electron chi connectivity index (χ2n) is 4.02. The van der Waals surface area contributed by atoms with E-state index >= 15 is 0 Å². The van der Waals surface area contributed by atoms with Gasteiger partial charge in [0.05, 0.1) is 12.2 Å². The Hall–Kier alpha value is -1.17. The zero-order chi connectivity index (χ0) is 13.1. The van der Waals surface area contributed by atoms with Crippen molar-refractivity contribution in [1.82, 2.24) is 0 Å². The number of halogens is 3. The third kappa shape index (κ3) is 2.80. The van der Waals surface area contributed by atoms with Gasteiger partial charge in [0, 0.05) is 5.25 Å². The normalized spacial score (nSPS) is 18.9. The first-order valence-corrected chi connectivity index (χ1v) is 6.61. The minimum atomic E-state index is -1.46. The van der Waals surface area contributed by atoms with E-state index < -0.39 is 17.5 Å². The van der Waals surface area contributed by atoms with Gasteiger partial charge in [-0.1, -0.05) is 25.1 Å². The Balaban J connectivity index is 2.05. The lowest BCUT2D eigenvalue weighted by Crippen LogP contribution is -2.09. The number of thioether (sulfide) groups is 1. The van der Waals surface area contributed by atoms with Gasteiger partial charge in [-0.05, 0) is 18.6 Å². The van der Waals surface area contributed by atoms with Crippen LogP contribution in [0.15, 0.2) is 17.1 Å². The van der Waals surface area contributed by atoms with Crippen LogP contribution in [0.1, 0.15) is 19.8 Å². The van der Waals surface area contributed by atoms with E-state index in [1.807, 2.05) is 0 Å². The number of nitrogens with zero attached hydrogens (tertiary/aromatic N) is 1. The van der Waals surface area contributed by atoms with E-state index in [1.54, 1.807) is 0 Å². The zero-order valence-corrected chi connectivity index (χ0v) is 10.7. The van der Waals surface area contributed by atoms with Crippen LogP contribution in [0, 0.1) is 17.5 Å². The molecule has 0 bridgehead atoms. The predicted octanol–water partition coefficient (Wildman–Crippen LogP) is 3.79. The average Bonchev–Trinajstić information content (AvgIpc) is 2.78. The smallest absolute Gasteiger partial charge is 0.196 e. The van der Waals surface area contributed by atoms with Crippen LogP contribution in [0.25, 0.3) is 0 Å². The van der Waals surface area contributed by atoms with Crippen molar-refractivity contribution in [2.24, 2.45) is 4.99 Å². The molecule has 18 heavy (non-hydrogen) atoms. The molecule has 1 heterocycles. The van der Waals surface area contributed by atoms with Crippen molar-refractivity contribution in [3.05, 3.63) is 29.6 Å². The zero-order valence-electron chi connectivity index (χ0n) is 9.84. The van der Waals surface area contributed by atoms with Crippen molar-refractivity contribution >= 4 is 22.6 Å². The topological polar surface area (TPSA) is 24.4 Å². The van der Waals surface area contributed by atoms with E-state index in [9.17, 15) is 13.2 Å². The maximum absolute atomic E-state index is 13.4. The minimum Gasteiger partial charge on any atom is -0.332 e. The molecule has 98 valence electrons. The number of rotatable bonds is 3. The molecule has 1 aliphatic rings. The molecular weight excluding hydrogens is 261 g/mol. The molecule has 1 atom stereocenters. The van der Waals surface area contributed by atoms with Crippen LogP contribution in [0.2, 0.25) is 0 Å². The van der Waals surface area contributed by atoms with Crippen molar-refractivity contribution < 1.29 is 13.2 Å². The fourth-order valence-electron chi connectivity index (χ4n) is 1.70. The van der Waals surface area contributed by atoms with Crippen LogP contribution in [-0.2, 0) is 0 Å². The van der Waals surface area contributed by atoms with E-state index in [1.165, 1.54) is 17.8 Å². The number of hydrogen-bond donors (Lipinski definition) is 1. The molecule has 6 heteroatoms. The maximum Gasteiger partial charge on any atom is 0.196 e. The highest BCUT2D eigenvalue weighted by atomic mass is 32.2. The third-order valence-corrected chi connectivity index (χ3v) is 3.78. The molecule has 1 unspecified atom stereocenters. The molecule has 2 rings (SSSR count). The summed E-state index contributed by atoms with van der Waals surface area (Å²) in [5.41, 5.74) is -0.0858. The molecule has 0 saturated carbocycles. The number of anilines is 1. The summed E-state index contributed by atoms with van der Waals surface area (Å²) in [6.07, 6.45) is 2.08. The molecule has 0 amide bonds. The standard InChI is InChI=1S/C12H13F3N2S/c1-2-3-7-6-16-12(18-7)17-9-5-4-8(13)10(14)11(9)15/h4-5,7H,2-3,6H2,1H3,(H,16,17). The first-order valence-electron chi connectivity index (χ1n) is 5.73. The lowest BCUT2D eigenvalue weighted by Gasteiger charge is -2.09. The highest BCUT2D eigenvalue weighted by Crippen LogP contribution is 2.27. The first-order chi connectivity index (χ1) is 8.61. The molecule has 0 aliphatic carbocycles. The lowest BCUT2D eigenvalue weighted by molar-refractivity contribution is 0.449. The predicted molar refractivity (Wildman–Crippen MR) is 68.5 cm³/mol. The summed E-state index contributed by atoms with van der Waals surface area (Å²) in [6.45, 7) is 2.76. The third-order valence-electron chi connectivity index (χ3n) is 2.60. The summed E-state index contributed by atoms with van der Waals surface area (Å²) in [5, 5.41) is 3.63. The molecule has 0 saturated heterocycles. The van der Waals surface area contributed by atoms with Gasteiger partial charge in [0.15, 0.2) is 22.6 Å². The van der Waals surface area contributed by atoms with Crippen LogP contribution in [0.3, 0.4) is 0 Å². The number of benzene rings is 1. The van der Waals surface area contributed by atoms with Gasteiger partial charge in [-0.3, -0.25) is 4.99 Å². The van der Waals surface area contributed by atoms with Crippen molar-refractivity contribution in [2.45, 2.75) is 25.0 Å². The van der Waals surface area contributed by atoms with Gasteiger partial charge in [0.2, 0.25) is 0 Å². The molecule has 0 radical (unpaired) electrons. The molecule has 1 aliphatic heterocycles. The van der Waals surface area contributed by atoms with E-state index in [-0.39, 0.29) is 5.69 Å². The van der Waals surface area contributed by atoms with Gasteiger partial charge in [-0.2, -0.15) is 0 Å².